The van der Waals surface area contributed by atoms with Crippen molar-refractivity contribution in [1.29, 1.82) is 0 Å². The molecular formula is C21H27N2O+. The number of aliphatic hydroxyl groups excluding tert-OH is 1. The lowest BCUT2D eigenvalue weighted by Crippen LogP contribution is -2.70. The van der Waals surface area contributed by atoms with Gasteiger partial charge in [-0.25, -0.2) is 0 Å². The van der Waals surface area contributed by atoms with Crippen LogP contribution in [0.2, 0.25) is 0 Å². The van der Waals surface area contributed by atoms with Gasteiger partial charge in [-0.2, -0.15) is 0 Å². The van der Waals surface area contributed by atoms with E-state index in [2.05, 4.69) is 55.9 Å². The van der Waals surface area contributed by atoms with Gasteiger partial charge in [0.1, 0.15) is 12.6 Å². The molecule has 4 aliphatic heterocycles. The second-order valence-corrected chi connectivity index (χ2v) is 8.28. The van der Waals surface area contributed by atoms with Crippen LogP contribution in [0.4, 0.5) is 0 Å². The molecule has 0 spiro atoms. The van der Waals surface area contributed by atoms with Crippen molar-refractivity contribution >= 4 is 10.9 Å². The molecule has 0 unspecified atom stereocenters. The predicted molar refractivity (Wildman–Crippen MR) is 96.6 cm³/mol. The van der Waals surface area contributed by atoms with Crippen molar-refractivity contribution in [2.24, 2.45) is 18.9 Å². The first-order valence-corrected chi connectivity index (χ1v) is 9.27. The number of quaternary nitrogens is 1. The van der Waals surface area contributed by atoms with Crippen LogP contribution in [0, 0.1) is 11.8 Å². The number of allylic oxidation sites excluding steroid dienone is 1. The van der Waals surface area contributed by atoms with Crippen LogP contribution in [0.25, 0.3) is 10.9 Å². The SMILES string of the molecule is CC=C1C[N@@+]2(C)[C@H]3C[C@@H]1[C@@H](CO)[C@@H]2Cc1c3n(C)c2ccccc12. The van der Waals surface area contributed by atoms with Crippen LogP contribution >= 0.6 is 0 Å². The largest absolute Gasteiger partial charge is 0.396 e. The number of hydrogen-bond acceptors (Lipinski definition) is 1. The fraction of sp³-hybridized carbons (Fsp3) is 0.524. The minimum absolute atomic E-state index is 0.327. The third-order valence-corrected chi connectivity index (χ3v) is 7.53. The second-order valence-electron chi connectivity index (χ2n) is 8.28. The molecule has 3 nitrogen and oxygen atoms in total. The lowest BCUT2D eigenvalue weighted by molar-refractivity contribution is -0.978. The Kier molecular flexibility index (Phi) is 2.91. The van der Waals surface area contributed by atoms with E-state index in [1.54, 1.807) is 16.8 Å². The summed E-state index contributed by atoms with van der Waals surface area (Å²) in [6, 6.07) is 9.99. The third kappa shape index (κ3) is 1.55. The van der Waals surface area contributed by atoms with Gasteiger partial charge in [0, 0.05) is 42.6 Å². The number of likely N-dealkylation sites (N-methyl/N-ethyl adjacent to an activating group) is 1. The molecule has 1 aromatic heterocycles. The van der Waals surface area contributed by atoms with E-state index in [9.17, 15) is 5.11 Å². The number of piperidine rings is 3. The van der Waals surface area contributed by atoms with Gasteiger partial charge in [0.05, 0.1) is 25.4 Å². The Morgan fingerprint density at radius 2 is 2.12 bits per heavy atom. The molecule has 1 aromatic carbocycles. The Balaban J connectivity index is 1.77. The van der Waals surface area contributed by atoms with E-state index >= 15 is 0 Å². The van der Waals surface area contributed by atoms with E-state index in [1.165, 1.54) is 17.3 Å². The molecular weight excluding hydrogens is 296 g/mol. The lowest BCUT2D eigenvalue weighted by atomic mass is 9.62. The van der Waals surface area contributed by atoms with Crippen LogP contribution in [-0.4, -0.2) is 40.4 Å². The third-order valence-electron chi connectivity index (χ3n) is 7.53. The number of hydrogen-bond donors (Lipinski definition) is 1. The maximum absolute atomic E-state index is 10.2. The number of benzene rings is 1. The molecule has 5 atom stereocenters. The smallest absolute Gasteiger partial charge is 0.131 e. The number of para-hydroxylation sites is 1. The Hall–Kier alpha value is -1.58. The van der Waals surface area contributed by atoms with Crippen LogP contribution in [0.15, 0.2) is 35.9 Å². The first-order valence-electron chi connectivity index (χ1n) is 9.27. The van der Waals surface area contributed by atoms with Gasteiger partial charge in [0.25, 0.3) is 0 Å². The summed E-state index contributed by atoms with van der Waals surface area (Å²) < 4.78 is 3.55. The zero-order valence-corrected chi connectivity index (χ0v) is 14.9. The van der Waals surface area contributed by atoms with E-state index in [0.717, 1.165) is 17.4 Å². The van der Waals surface area contributed by atoms with Gasteiger partial charge in [0.15, 0.2) is 0 Å². The lowest BCUT2D eigenvalue weighted by Gasteiger charge is -2.63. The minimum atomic E-state index is 0.327. The molecule has 6 rings (SSSR count). The second kappa shape index (κ2) is 4.74. The average molecular weight is 323 g/mol. The fourth-order valence-corrected chi connectivity index (χ4v) is 6.40. The van der Waals surface area contributed by atoms with Gasteiger partial charge in [0.2, 0.25) is 0 Å². The standard InChI is InChI=1S/C21H27N2O/c1-4-13-11-23(3)19-10-16-14-7-5-6-8-18(14)22(2)21(16)20(23)9-15(13)17(19)12-24/h4-8,15,17,19-20,24H,9-12H2,1-3H3/q+1/t15-,17+,19-,20-,23+/m0/s1. The van der Waals surface area contributed by atoms with Crippen LogP contribution in [-0.2, 0) is 13.5 Å². The molecule has 0 amide bonds. The number of aliphatic hydroxyl groups is 1. The summed E-state index contributed by atoms with van der Waals surface area (Å²) in [6.45, 7) is 3.66. The van der Waals surface area contributed by atoms with Crippen molar-refractivity contribution in [3.05, 3.63) is 47.2 Å². The molecule has 4 bridgehead atoms. The summed E-state index contributed by atoms with van der Waals surface area (Å²) in [6.07, 6.45) is 4.62. The number of aryl methyl sites for hydroxylation is 1. The number of rotatable bonds is 1. The molecule has 3 saturated heterocycles. The Labute approximate surface area is 143 Å². The molecule has 2 aromatic rings. The number of fused-ring (bicyclic) bond motifs is 4. The molecule has 1 N–H and O–H groups in total. The quantitative estimate of drug-likeness (QED) is 0.633. The Morgan fingerprint density at radius 1 is 1.33 bits per heavy atom. The van der Waals surface area contributed by atoms with Crippen molar-refractivity contribution in [1.82, 2.24) is 4.57 Å². The molecule has 3 heteroatoms. The number of nitrogens with zero attached hydrogens (tertiary/aromatic N) is 2. The van der Waals surface area contributed by atoms with E-state index in [-0.39, 0.29) is 0 Å². The highest BCUT2D eigenvalue weighted by molar-refractivity contribution is 5.86. The highest BCUT2D eigenvalue weighted by atomic mass is 16.3. The number of aromatic nitrogens is 1. The molecule has 4 aliphatic rings. The predicted octanol–water partition coefficient (Wildman–Crippen LogP) is 3.18. The highest BCUT2D eigenvalue weighted by Gasteiger charge is 2.61. The van der Waals surface area contributed by atoms with Crippen molar-refractivity contribution in [3.8, 4) is 0 Å². The minimum Gasteiger partial charge on any atom is -0.396 e. The van der Waals surface area contributed by atoms with Crippen molar-refractivity contribution in [2.75, 3.05) is 20.2 Å². The molecule has 3 fully saturated rings. The topological polar surface area (TPSA) is 25.2 Å². The van der Waals surface area contributed by atoms with Gasteiger partial charge in [-0.15, -0.1) is 0 Å². The summed E-state index contributed by atoms with van der Waals surface area (Å²) in [4.78, 5) is 0. The molecule has 5 heterocycles. The maximum atomic E-state index is 10.2. The van der Waals surface area contributed by atoms with Crippen LogP contribution < -0.4 is 0 Å². The van der Waals surface area contributed by atoms with Crippen molar-refractivity contribution in [2.45, 2.75) is 31.8 Å². The van der Waals surface area contributed by atoms with E-state index in [4.69, 9.17) is 0 Å². The first kappa shape index (κ1) is 14.7. The molecule has 0 saturated carbocycles. The van der Waals surface area contributed by atoms with E-state index < -0.39 is 0 Å². The molecule has 0 radical (unpaired) electrons. The highest BCUT2D eigenvalue weighted by Crippen LogP contribution is 2.58. The monoisotopic (exact) mass is 323 g/mol. The summed E-state index contributed by atoms with van der Waals surface area (Å²) in [5, 5.41) is 11.6. The van der Waals surface area contributed by atoms with Crippen LogP contribution in [0.1, 0.15) is 30.6 Å². The normalized spacial score (nSPS) is 38.8. The van der Waals surface area contributed by atoms with Gasteiger partial charge < -0.3 is 14.2 Å². The zero-order chi connectivity index (χ0) is 16.6. The van der Waals surface area contributed by atoms with E-state index in [1.807, 2.05) is 0 Å². The van der Waals surface area contributed by atoms with Crippen molar-refractivity contribution in [3.63, 3.8) is 0 Å². The maximum Gasteiger partial charge on any atom is 0.131 e. The van der Waals surface area contributed by atoms with Crippen LogP contribution in [0.3, 0.4) is 0 Å². The fourth-order valence-electron chi connectivity index (χ4n) is 6.40. The molecule has 0 aliphatic carbocycles. The summed E-state index contributed by atoms with van der Waals surface area (Å²) in [7, 11) is 4.69. The van der Waals surface area contributed by atoms with Gasteiger partial charge in [-0.05, 0) is 24.1 Å². The van der Waals surface area contributed by atoms with Crippen molar-refractivity contribution < 1.29 is 9.59 Å². The van der Waals surface area contributed by atoms with Crippen LogP contribution in [0.5, 0.6) is 0 Å². The summed E-state index contributed by atoms with van der Waals surface area (Å²) in [5.74, 6) is 0.986. The Bertz CT molecular complexity index is 864. The van der Waals surface area contributed by atoms with E-state index in [0.29, 0.717) is 30.5 Å². The summed E-state index contributed by atoms with van der Waals surface area (Å²) in [5.41, 5.74) is 6.06. The van der Waals surface area contributed by atoms with Gasteiger partial charge in [-0.3, -0.25) is 0 Å². The summed E-state index contributed by atoms with van der Waals surface area (Å²) >= 11 is 0. The zero-order valence-electron chi connectivity index (χ0n) is 14.9. The van der Waals surface area contributed by atoms with Gasteiger partial charge >= 0.3 is 0 Å². The molecule has 24 heavy (non-hydrogen) atoms. The first-order chi connectivity index (χ1) is 11.6. The van der Waals surface area contributed by atoms with Gasteiger partial charge in [-0.1, -0.05) is 24.3 Å². The Morgan fingerprint density at radius 3 is 2.88 bits per heavy atom. The average Bonchev–Trinajstić information content (AvgIpc) is 2.86. The molecule has 126 valence electrons.